The Balaban J connectivity index is 2.37. The molecule has 1 saturated heterocycles. The van der Waals surface area contributed by atoms with Gasteiger partial charge < -0.3 is 24.3 Å². The molecule has 2 N–H and O–H groups in total. The van der Waals surface area contributed by atoms with Crippen molar-refractivity contribution in [1.82, 2.24) is 5.32 Å². The first-order valence-corrected chi connectivity index (χ1v) is 10.1. The number of nitrogens with one attached hydrogen (secondary N) is 2. The van der Waals surface area contributed by atoms with Crippen molar-refractivity contribution in [3.05, 3.63) is 30.3 Å². The fourth-order valence-electron chi connectivity index (χ4n) is 3.02. The van der Waals surface area contributed by atoms with Gasteiger partial charge in [0.1, 0.15) is 12.6 Å². The lowest BCUT2D eigenvalue weighted by atomic mass is 9.96. The van der Waals surface area contributed by atoms with Crippen LogP contribution in [0.15, 0.2) is 35.5 Å². The molecule has 13 heteroatoms. The van der Waals surface area contributed by atoms with Crippen LogP contribution in [0.4, 0.5) is 10.5 Å². The molecule has 1 heterocycles. The van der Waals surface area contributed by atoms with Crippen LogP contribution in [-0.4, -0.2) is 66.8 Å². The molecule has 13 nitrogen and oxygen atoms in total. The summed E-state index contributed by atoms with van der Waals surface area (Å²) in [5.41, 5.74) is 0.427. The Bertz CT molecular complexity index is 949. The average molecular weight is 479 g/mol. The van der Waals surface area contributed by atoms with Gasteiger partial charge in [0.25, 0.3) is 5.90 Å². The summed E-state index contributed by atoms with van der Waals surface area (Å²) >= 11 is 0. The van der Waals surface area contributed by atoms with Crippen molar-refractivity contribution >= 4 is 41.5 Å². The Labute approximate surface area is 194 Å². The van der Waals surface area contributed by atoms with Gasteiger partial charge in [0.2, 0.25) is 5.91 Å². The minimum Gasteiger partial charge on any atom is -0.466 e. The van der Waals surface area contributed by atoms with Crippen molar-refractivity contribution in [3.8, 4) is 0 Å². The predicted octanol–water partition coefficient (Wildman–Crippen LogP) is 0.879. The van der Waals surface area contributed by atoms with Crippen LogP contribution in [0.5, 0.6) is 0 Å². The first kappa shape index (κ1) is 26.1. The number of anilines is 1. The molecular weight excluding hydrogens is 454 g/mol. The summed E-state index contributed by atoms with van der Waals surface area (Å²) in [5.74, 6) is -3.14. The first-order chi connectivity index (χ1) is 16.1. The number of benzene rings is 1. The van der Waals surface area contributed by atoms with Crippen molar-refractivity contribution in [2.75, 3.05) is 11.9 Å². The summed E-state index contributed by atoms with van der Waals surface area (Å²) in [5, 5.41) is 8.56. The molecule has 1 aromatic rings. The van der Waals surface area contributed by atoms with Crippen LogP contribution in [-0.2, 0) is 43.0 Å². The van der Waals surface area contributed by atoms with E-state index in [1.807, 2.05) is 0 Å². The molecule has 0 bridgehead atoms. The Morgan fingerprint density at radius 2 is 1.53 bits per heavy atom. The number of oxime groups is 1. The molecule has 1 aliphatic rings. The monoisotopic (exact) mass is 479 g/mol. The molecule has 2 rings (SSSR count). The van der Waals surface area contributed by atoms with Gasteiger partial charge in [0.05, 0.1) is 0 Å². The number of rotatable bonds is 7. The summed E-state index contributed by atoms with van der Waals surface area (Å²) in [6.07, 6.45) is -4.83. The second kappa shape index (κ2) is 12.2. The van der Waals surface area contributed by atoms with Crippen LogP contribution in [0, 0.1) is 0 Å². The lowest BCUT2D eigenvalue weighted by Crippen LogP contribution is -2.64. The lowest BCUT2D eigenvalue weighted by molar-refractivity contribution is -0.186. The van der Waals surface area contributed by atoms with Crippen molar-refractivity contribution in [1.29, 1.82) is 0 Å². The molecule has 0 aliphatic carbocycles. The van der Waals surface area contributed by atoms with Gasteiger partial charge in [0.15, 0.2) is 18.3 Å². The zero-order valence-corrected chi connectivity index (χ0v) is 18.9. The van der Waals surface area contributed by atoms with E-state index in [4.69, 9.17) is 23.8 Å². The molecule has 1 unspecified atom stereocenters. The maximum Gasteiger partial charge on any atom is 0.437 e. The molecule has 4 atom stereocenters. The molecular formula is C21H25N3O10. The van der Waals surface area contributed by atoms with Crippen molar-refractivity contribution in [2.45, 2.75) is 52.0 Å². The van der Waals surface area contributed by atoms with Crippen LogP contribution in [0.1, 0.15) is 27.7 Å². The third-order valence-corrected chi connectivity index (χ3v) is 4.21. The van der Waals surface area contributed by atoms with E-state index in [1.165, 1.54) is 6.92 Å². The summed E-state index contributed by atoms with van der Waals surface area (Å²) in [4.78, 5) is 63.6. The number of hydrogen-bond donors (Lipinski definition) is 2. The zero-order chi connectivity index (χ0) is 25.3. The summed E-state index contributed by atoms with van der Waals surface area (Å²) < 4.78 is 21.2. The lowest BCUT2D eigenvalue weighted by Gasteiger charge is -2.41. The van der Waals surface area contributed by atoms with Gasteiger partial charge >= 0.3 is 24.0 Å². The third kappa shape index (κ3) is 8.07. The van der Waals surface area contributed by atoms with Gasteiger partial charge in [-0.2, -0.15) is 0 Å². The minimum atomic E-state index is -1.35. The fraction of sp³-hybridized carbons (Fsp3) is 0.429. The molecule has 1 aliphatic heterocycles. The topological polar surface area (TPSA) is 168 Å². The smallest absolute Gasteiger partial charge is 0.437 e. The van der Waals surface area contributed by atoms with Gasteiger partial charge in [-0.05, 0) is 17.3 Å². The zero-order valence-electron chi connectivity index (χ0n) is 18.9. The van der Waals surface area contributed by atoms with E-state index in [1.54, 1.807) is 30.3 Å². The molecule has 0 spiro atoms. The molecule has 1 fully saturated rings. The highest BCUT2D eigenvalue weighted by molar-refractivity contribution is 5.90. The molecule has 0 aromatic heterocycles. The maximum absolute atomic E-state index is 12.1. The normalized spacial score (nSPS) is 22.5. The van der Waals surface area contributed by atoms with Crippen LogP contribution < -0.4 is 10.6 Å². The number of para-hydroxylation sites is 1. The largest absolute Gasteiger partial charge is 0.466 e. The van der Waals surface area contributed by atoms with Crippen LogP contribution in [0.2, 0.25) is 0 Å². The maximum atomic E-state index is 12.1. The Morgan fingerprint density at radius 1 is 0.912 bits per heavy atom. The van der Waals surface area contributed by atoms with Gasteiger partial charge in [-0.25, -0.2) is 4.79 Å². The molecule has 0 saturated carbocycles. The van der Waals surface area contributed by atoms with Gasteiger partial charge in [-0.15, -0.1) is 0 Å². The van der Waals surface area contributed by atoms with Crippen LogP contribution in [0.25, 0.3) is 0 Å². The fourth-order valence-corrected chi connectivity index (χ4v) is 3.02. The van der Waals surface area contributed by atoms with E-state index in [0.717, 1.165) is 20.8 Å². The van der Waals surface area contributed by atoms with E-state index in [9.17, 15) is 24.0 Å². The highest BCUT2D eigenvalue weighted by Gasteiger charge is 2.50. The van der Waals surface area contributed by atoms with Crippen LogP contribution in [0.3, 0.4) is 0 Å². The summed E-state index contributed by atoms with van der Waals surface area (Å²) in [7, 11) is 0. The molecule has 34 heavy (non-hydrogen) atoms. The van der Waals surface area contributed by atoms with E-state index < -0.39 is 60.9 Å². The number of hydrogen-bond acceptors (Lipinski definition) is 11. The van der Waals surface area contributed by atoms with E-state index >= 15 is 0 Å². The summed E-state index contributed by atoms with van der Waals surface area (Å²) in [6.45, 7) is 4.12. The SMILES string of the molecule is CC(=O)N[C@@H]1/C(=N/OC(=O)Nc2ccccc2)OC(COC(C)=O)[C@@H](OC(C)=O)[C@@H]1OC(C)=O. The van der Waals surface area contributed by atoms with Gasteiger partial charge in [-0.3, -0.25) is 29.3 Å². The number of esters is 3. The van der Waals surface area contributed by atoms with Crippen molar-refractivity contribution in [2.24, 2.45) is 5.16 Å². The van der Waals surface area contributed by atoms with Gasteiger partial charge in [-0.1, -0.05) is 18.2 Å². The molecule has 1 aromatic carbocycles. The second-order valence-corrected chi connectivity index (χ2v) is 7.08. The highest BCUT2D eigenvalue weighted by atomic mass is 16.7. The number of carbonyl (C=O) groups is 5. The number of nitrogens with zero attached hydrogens (tertiary/aromatic N) is 1. The quantitative estimate of drug-likeness (QED) is 0.248. The predicted molar refractivity (Wildman–Crippen MR) is 114 cm³/mol. The number of ether oxygens (including phenoxy) is 4. The highest BCUT2D eigenvalue weighted by Crippen LogP contribution is 2.25. The Hall–Kier alpha value is -4.16. The summed E-state index contributed by atoms with van der Waals surface area (Å²) in [6, 6.07) is 7.06. The molecule has 0 radical (unpaired) electrons. The first-order valence-electron chi connectivity index (χ1n) is 10.1. The van der Waals surface area contributed by atoms with E-state index in [2.05, 4.69) is 15.8 Å². The molecule has 184 valence electrons. The average Bonchev–Trinajstić information content (AvgIpc) is 2.74. The van der Waals surface area contributed by atoms with Crippen LogP contribution >= 0.6 is 0 Å². The van der Waals surface area contributed by atoms with E-state index in [0.29, 0.717) is 5.69 Å². The molecule has 2 amide bonds. The minimum absolute atomic E-state index is 0.384. The van der Waals surface area contributed by atoms with Gasteiger partial charge in [0, 0.05) is 33.4 Å². The second-order valence-electron chi connectivity index (χ2n) is 7.08. The number of carbonyl (C=O) groups excluding carboxylic acids is 5. The van der Waals surface area contributed by atoms with E-state index in [-0.39, 0.29) is 5.90 Å². The third-order valence-electron chi connectivity index (χ3n) is 4.21. The number of amides is 2. The Kier molecular flexibility index (Phi) is 9.35. The standard InChI is InChI=1S/C21H25N3O10/c1-11(25)22-17-19(32-14(4)28)18(31-13(3)27)16(10-30-12(2)26)33-20(17)24-34-21(29)23-15-8-6-5-7-9-15/h5-9,16-19H,10H2,1-4H3,(H,22,25)(H,23,29)/b24-20-/t16?,17-,18+,19+/m0/s1. The van der Waals surface area contributed by atoms with Crippen molar-refractivity contribution < 1.29 is 47.8 Å². The van der Waals surface area contributed by atoms with Crippen molar-refractivity contribution in [3.63, 3.8) is 0 Å². The Morgan fingerprint density at radius 3 is 2.09 bits per heavy atom.